The molecule has 6 heteroatoms. The highest BCUT2D eigenvalue weighted by molar-refractivity contribution is 5.76. The van der Waals surface area contributed by atoms with E-state index in [0.717, 1.165) is 17.0 Å². The first-order valence-electron chi connectivity index (χ1n) is 5.87. The first-order valence-corrected chi connectivity index (χ1v) is 5.87. The largest absolute Gasteiger partial charge is 0.393 e. The Balaban J connectivity index is 2.38. The van der Waals surface area contributed by atoms with Crippen molar-refractivity contribution in [2.45, 2.75) is 39.2 Å². The summed E-state index contributed by atoms with van der Waals surface area (Å²) in [7, 11) is 0. The number of hydrogen-bond donors (Lipinski definition) is 3. The number of aromatic nitrogens is 1. The third-order valence-electron chi connectivity index (χ3n) is 2.79. The van der Waals surface area contributed by atoms with Crippen LogP contribution in [0.3, 0.4) is 0 Å². The van der Waals surface area contributed by atoms with E-state index < -0.39 is 12.2 Å². The van der Waals surface area contributed by atoms with Crippen LogP contribution in [0.2, 0.25) is 0 Å². The average molecular weight is 256 g/mol. The number of hydrogen-bond acceptors (Lipinski definition) is 5. The summed E-state index contributed by atoms with van der Waals surface area (Å²) >= 11 is 0. The molecule has 1 unspecified atom stereocenters. The zero-order chi connectivity index (χ0) is 13.8. The first kappa shape index (κ1) is 14.7. The summed E-state index contributed by atoms with van der Waals surface area (Å²) in [5.74, 6) is 0.548. The van der Waals surface area contributed by atoms with Gasteiger partial charge in [-0.25, -0.2) is 0 Å². The van der Waals surface area contributed by atoms with E-state index >= 15 is 0 Å². The van der Waals surface area contributed by atoms with Crippen molar-refractivity contribution >= 4 is 5.91 Å². The van der Waals surface area contributed by atoms with Gasteiger partial charge in [-0.05, 0) is 27.2 Å². The number of aliphatic hydroxyl groups excluding tert-OH is 1. The molecule has 0 bridgehead atoms. The smallest absolute Gasteiger partial charge is 0.220 e. The van der Waals surface area contributed by atoms with Crippen LogP contribution in [0.15, 0.2) is 4.52 Å². The number of aryl methyl sites for hydroxylation is 2. The number of nitrogens with zero attached hydrogens (tertiary/aromatic N) is 1. The van der Waals surface area contributed by atoms with Gasteiger partial charge in [0, 0.05) is 18.5 Å². The van der Waals surface area contributed by atoms with Crippen molar-refractivity contribution < 1.29 is 19.5 Å². The molecular formula is C12H20N2O4. The Morgan fingerprint density at radius 2 is 2.17 bits per heavy atom. The average Bonchev–Trinajstić information content (AvgIpc) is 2.64. The van der Waals surface area contributed by atoms with Crippen LogP contribution >= 0.6 is 0 Å². The van der Waals surface area contributed by atoms with Crippen molar-refractivity contribution in [3.63, 3.8) is 0 Å². The summed E-state index contributed by atoms with van der Waals surface area (Å²) in [4.78, 5) is 11.6. The van der Waals surface area contributed by atoms with Gasteiger partial charge in [-0.2, -0.15) is 0 Å². The highest BCUT2D eigenvalue weighted by atomic mass is 16.5. The maximum Gasteiger partial charge on any atom is 0.220 e. The molecule has 0 aliphatic heterocycles. The second-order valence-electron chi connectivity index (χ2n) is 4.73. The molecular weight excluding hydrogens is 236 g/mol. The molecule has 1 amide bonds. The number of carbonyl (C=O) groups is 1. The predicted octanol–water partition coefficient (Wildman–Crippen LogP) is 0.0835. The van der Waals surface area contributed by atoms with E-state index in [0.29, 0.717) is 12.8 Å². The number of rotatable bonds is 6. The van der Waals surface area contributed by atoms with Gasteiger partial charge < -0.3 is 20.1 Å². The topological polar surface area (TPSA) is 95.6 Å². The molecule has 0 fully saturated rings. The molecule has 3 N–H and O–H groups in total. The third kappa shape index (κ3) is 4.12. The van der Waals surface area contributed by atoms with Gasteiger partial charge in [-0.15, -0.1) is 0 Å². The van der Waals surface area contributed by atoms with E-state index in [1.165, 1.54) is 6.92 Å². The fourth-order valence-electron chi connectivity index (χ4n) is 1.53. The Morgan fingerprint density at radius 1 is 1.50 bits per heavy atom. The summed E-state index contributed by atoms with van der Waals surface area (Å²) in [5.41, 5.74) is 0.459. The van der Waals surface area contributed by atoms with Gasteiger partial charge in [0.15, 0.2) is 0 Å². The summed E-state index contributed by atoms with van der Waals surface area (Å²) < 4.78 is 5.00. The number of amides is 1. The van der Waals surface area contributed by atoms with Crippen LogP contribution in [0.4, 0.5) is 0 Å². The monoisotopic (exact) mass is 256 g/mol. The minimum Gasteiger partial charge on any atom is -0.393 e. The molecule has 18 heavy (non-hydrogen) atoms. The van der Waals surface area contributed by atoms with Gasteiger partial charge in [0.2, 0.25) is 5.91 Å². The van der Waals surface area contributed by atoms with Crippen molar-refractivity contribution in [1.82, 2.24) is 10.5 Å². The van der Waals surface area contributed by atoms with Crippen molar-refractivity contribution in [2.24, 2.45) is 0 Å². The lowest BCUT2D eigenvalue weighted by molar-refractivity contribution is -0.122. The number of nitrogens with one attached hydrogen (secondary N) is 1. The molecule has 6 nitrogen and oxygen atoms in total. The molecule has 0 saturated carbocycles. The lowest BCUT2D eigenvalue weighted by Gasteiger charge is -2.20. The fourth-order valence-corrected chi connectivity index (χ4v) is 1.53. The van der Waals surface area contributed by atoms with Crippen molar-refractivity contribution in [2.75, 3.05) is 13.2 Å². The SMILES string of the molecule is Cc1noc(C)c1CCC(=O)NCC(C)(O)CO. The van der Waals surface area contributed by atoms with Gasteiger partial charge in [-0.3, -0.25) is 4.79 Å². The first-order chi connectivity index (χ1) is 8.35. The van der Waals surface area contributed by atoms with Crippen LogP contribution in [0, 0.1) is 13.8 Å². The molecule has 102 valence electrons. The van der Waals surface area contributed by atoms with Crippen LogP contribution in [0.5, 0.6) is 0 Å². The summed E-state index contributed by atoms with van der Waals surface area (Å²) in [6, 6.07) is 0. The van der Waals surface area contributed by atoms with Crippen molar-refractivity contribution in [3.8, 4) is 0 Å². The maximum absolute atomic E-state index is 11.6. The van der Waals surface area contributed by atoms with E-state index in [-0.39, 0.29) is 12.5 Å². The lowest BCUT2D eigenvalue weighted by atomic mass is 10.1. The molecule has 0 spiro atoms. The molecule has 0 radical (unpaired) electrons. The highest BCUT2D eigenvalue weighted by Gasteiger charge is 2.20. The second kappa shape index (κ2) is 5.97. The maximum atomic E-state index is 11.6. The zero-order valence-electron chi connectivity index (χ0n) is 11.0. The van der Waals surface area contributed by atoms with Crippen LogP contribution in [0.25, 0.3) is 0 Å². The highest BCUT2D eigenvalue weighted by Crippen LogP contribution is 2.14. The Kier molecular flexibility index (Phi) is 4.86. The van der Waals surface area contributed by atoms with Gasteiger partial charge in [-0.1, -0.05) is 5.16 Å². The van der Waals surface area contributed by atoms with Gasteiger partial charge >= 0.3 is 0 Å². The Bertz CT molecular complexity index is 393. The van der Waals surface area contributed by atoms with E-state index in [9.17, 15) is 9.90 Å². The van der Waals surface area contributed by atoms with Crippen molar-refractivity contribution in [3.05, 3.63) is 17.0 Å². The Hall–Kier alpha value is -1.40. The molecule has 0 aromatic carbocycles. The summed E-state index contributed by atoms with van der Waals surface area (Å²) in [6.07, 6.45) is 0.846. The predicted molar refractivity (Wildman–Crippen MR) is 65.0 cm³/mol. The Morgan fingerprint density at radius 3 is 2.67 bits per heavy atom. The van der Waals surface area contributed by atoms with Crippen LogP contribution in [0.1, 0.15) is 30.4 Å². The van der Waals surface area contributed by atoms with E-state index in [2.05, 4.69) is 10.5 Å². The van der Waals surface area contributed by atoms with Crippen molar-refractivity contribution in [1.29, 1.82) is 0 Å². The van der Waals surface area contributed by atoms with E-state index in [4.69, 9.17) is 9.63 Å². The van der Waals surface area contributed by atoms with Gasteiger partial charge in [0.1, 0.15) is 11.4 Å². The molecule has 1 aromatic rings. The summed E-state index contributed by atoms with van der Waals surface area (Å²) in [5, 5.41) is 24.7. The molecule has 0 aliphatic carbocycles. The second-order valence-corrected chi connectivity index (χ2v) is 4.73. The lowest BCUT2D eigenvalue weighted by Crippen LogP contribution is -2.43. The van der Waals surface area contributed by atoms with Gasteiger partial charge in [0.25, 0.3) is 0 Å². The third-order valence-corrected chi connectivity index (χ3v) is 2.79. The molecule has 0 aliphatic rings. The standard InChI is InChI=1S/C12H20N2O4/c1-8-10(9(2)18-14-8)4-5-11(16)13-6-12(3,17)7-15/h15,17H,4-7H2,1-3H3,(H,13,16). The minimum atomic E-state index is -1.28. The molecule has 1 heterocycles. The minimum absolute atomic E-state index is 0.0317. The van der Waals surface area contributed by atoms with E-state index in [1.54, 1.807) is 0 Å². The molecule has 1 rings (SSSR count). The van der Waals surface area contributed by atoms with Crippen LogP contribution < -0.4 is 5.32 Å². The normalized spacial score (nSPS) is 14.3. The van der Waals surface area contributed by atoms with Crippen LogP contribution in [-0.2, 0) is 11.2 Å². The number of carbonyl (C=O) groups excluding carboxylic acids is 1. The van der Waals surface area contributed by atoms with Gasteiger partial charge in [0.05, 0.1) is 12.3 Å². The molecule has 0 saturated heterocycles. The van der Waals surface area contributed by atoms with E-state index in [1.807, 2.05) is 13.8 Å². The number of aliphatic hydroxyl groups is 2. The summed E-state index contributed by atoms with van der Waals surface area (Å²) in [6.45, 7) is 4.74. The Labute approximate surface area is 106 Å². The zero-order valence-corrected chi connectivity index (χ0v) is 11.0. The quantitative estimate of drug-likeness (QED) is 0.670. The fraction of sp³-hybridized carbons (Fsp3) is 0.667. The van der Waals surface area contributed by atoms with Crippen LogP contribution in [-0.4, -0.2) is 40.0 Å². The molecule has 1 aromatic heterocycles. The molecule has 1 atom stereocenters.